The lowest BCUT2D eigenvalue weighted by Crippen LogP contribution is -2.45. The lowest BCUT2D eigenvalue weighted by Gasteiger charge is -2.24. The van der Waals surface area contributed by atoms with Gasteiger partial charge in [-0.2, -0.15) is 12.6 Å². The molecule has 3 N–H and O–H groups in total. The van der Waals surface area contributed by atoms with Gasteiger partial charge in [0.1, 0.15) is 24.4 Å². The first kappa shape index (κ1) is 15.9. The van der Waals surface area contributed by atoms with Crippen molar-refractivity contribution < 1.29 is 24.8 Å². The van der Waals surface area contributed by atoms with Crippen LogP contribution in [0.15, 0.2) is 4.99 Å². The summed E-state index contributed by atoms with van der Waals surface area (Å²) in [5.41, 5.74) is 0. The van der Waals surface area contributed by atoms with Crippen LogP contribution in [0, 0.1) is 0 Å². The summed E-state index contributed by atoms with van der Waals surface area (Å²) in [5, 5.41) is 28.2. The van der Waals surface area contributed by atoms with Crippen molar-refractivity contribution in [1.29, 1.82) is 0 Å². The molecule has 0 unspecified atom stereocenters. The van der Waals surface area contributed by atoms with Crippen LogP contribution in [0.1, 0.15) is 13.8 Å². The second-order valence-electron chi connectivity index (χ2n) is 4.58. The number of thiol groups is 1. The van der Waals surface area contributed by atoms with Crippen molar-refractivity contribution in [1.82, 2.24) is 0 Å². The molecule has 0 radical (unpaired) electrons. The Balaban J connectivity index is 2.72. The average molecular weight is 279 g/mol. The highest BCUT2D eigenvalue weighted by molar-refractivity contribution is 7.80. The van der Waals surface area contributed by atoms with E-state index in [0.29, 0.717) is 12.3 Å². The van der Waals surface area contributed by atoms with Crippen LogP contribution >= 0.6 is 12.6 Å². The van der Waals surface area contributed by atoms with Crippen molar-refractivity contribution in [3.05, 3.63) is 0 Å². The first-order chi connectivity index (χ1) is 8.41. The Kier molecular flexibility index (Phi) is 6.03. The van der Waals surface area contributed by atoms with E-state index in [1.54, 1.807) is 20.1 Å². The average Bonchev–Trinajstić information content (AvgIpc) is 2.63. The third-order valence-electron chi connectivity index (χ3n) is 2.56. The number of ether oxygens (including phenoxy) is 2. The fraction of sp³-hybridized carbons (Fsp3) is 0.909. The van der Waals surface area contributed by atoms with E-state index in [0.717, 1.165) is 0 Å². The number of aliphatic hydroxyl groups excluding tert-OH is 3. The molecule has 0 saturated carbocycles. The molecule has 1 heterocycles. The van der Waals surface area contributed by atoms with Crippen LogP contribution in [0.4, 0.5) is 0 Å². The molecule has 0 spiro atoms. The number of rotatable bonds is 6. The fourth-order valence-corrected chi connectivity index (χ4v) is 1.88. The summed E-state index contributed by atoms with van der Waals surface area (Å²) < 4.78 is 11.1. The lowest BCUT2D eigenvalue weighted by atomic mass is 10.0. The van der Waals surface area contributed by atoms with Crippen molar-refractivity contribution in [2.24, 2.45) is 4.99 Å². The molecule has 0 bridgehead atoms. The maximum Gasteiger partial charge on any atom is 0.164 e. The number of hydrogen-bond acceptors (Lipinski definition) is 7. The summed E-state index contributed by atoms with van der Waals surface area (Å²) in [6, 6.07) is 0. The minimum Gasteiger partial charge on any atom is -0.394 e. The largest absolute Gasteiger partial charge is 0.394 e. The Bertz CT molecular complexity index is 287. The van der Waals surface area contributed by atoms with Crippen molar-refractivity contribution in [3.63, 3.8) is 0 Å². The summed E-state index contributed by atoms with van der Waals surface area (Å²) >= 11 is 4.03. The van der Waals surface area contributed by atoms with Crippen LogP contribution in [0.25, 0.3) is 0 Å². The van der Waals surface area contributed by atoms with Crippen LogP contribution in [-0.2, 0) is 9.47 Å². The van der Waals surface area contributed by atoms with Gasteiger partial charge in [0.15, 0.2) is 5.79 Å². The summed E-state index contributed by atoms with van der Waals surface area (Å²) in [4.78, 5) is 4.09. The van der Waals surface area contributed by atoms with E-state index in [9.17, 15) is 10.2 Å². The summed E-state index contributed by atoms with van der Waals surface area (Å²) in [5.74, 6) is -0.252. The number of aliphatic imine (C=N–C) groups is 1. The van der Waals surface area contributed by atoms with Crippen LogP contribution in [0.5, 0.6) is 0 Å². The third-order valence-corrected chi connectivity index (χ3v) is 2.76. The molecule has 1 aliphatic heterocycles. The van der Waals surface area contributed by atoms with Crippen molar-refractivity contribution in [2.75, 3.05) is 18.9 Å². The highest BCUT2D eigenvalue weighted by Crippen LogP contribution is 2.30. The van der Waals surface area contributed by atoms with Crippen LogP contribution < -0.4 is 0 Å². The van der Waals surface area contributed by atoms with Crippen molar-refractivity contribution >= 4 is 18.8 Å². The minimum atomic E-state index is -1.27. The molecule has 1 rings (SSSR count). The molecule has 1 aliphatic rings. The Hall–Kier alpha value is -0.180. The van der Waals surface area contributed by atoms with E-state index in [-0.39, 0.29) is 0 Å². The molecule has 18 heavy (non-hydrogen) atoms. The van der Waals surface area contributed by atoms with E-state index in [1.807, 2.05) is 0 Å². The Labute approximate surface area is 112 Å². The third kappa shape index (κ3) is 4.18. The highest BCUT2D eigenvalue weighted by atomic mass is 32.1. The monoisotopic (exact) mass is 279 g/mol. The first-order valence-electron chi connectivity index (χ1n) is 5.84. The van der Waals surface area contributed by atoms with Gasteiger partial charge in [-0.25, -0.2) is 0 Å². The molecule has 106 valence electrons. The zero-order chi connectivity index (χ0) is 13.8. The number of hydrogen-bond donors (Lipinski definition) is 4. The molecule has 7 heteroatoms. The molecular formula is C11H21NO5S. The summed E-state index contributed by atoms with van der Waals surface area (Å²) in [7, 11) is 0. The topological polar surface area (TPSA) is 91.5 Å². The van der Waals surface area contributed by atoms with Gasteiger partial charge in [0.25, 0.3) is 0 Å². The smallest absolute Gasteiger partial charge is 0.164 e. The minimum absolute atomic E-state index is 0.536. The summed E-state index contributed by atoms with van der Waals surface area (Å²) in [6.07, 6.45) is -2.28. The number of aliphatic hydroxyl groups is 3. The molecule has 0 aromatic carbocycles. The fourth-order valence-electron chi connectivity index (χ4n) is 1.76. The molecule has 1 saturated heterocycles. The Morgan fingerprint density at radius 3 is 2.61 bits per heavy atom. The van der Waals surface area contributed by atoms with Gasteiger partial charge in [0, 0.05) is 18.5 Å². The molecular weight excluding hydrogens is 258 g/mol. The van der Waals surface area contributed by atoms with Gasteiger partial charge in [-0.05, 0) is 13.8 Å². The van der Waals surface area contributed by atoms with E-state index in [2.05, 4.69) is 17.6 Å². The zero-order valence-corrected chi connectivity index (χ0v) is 11.5. The van der Waals surface area contributed by atoms with Crippen LogP contribution in [0.2, 0.25) is 0 Å². The Morgan fingerprint density at radius 2 is 2.06 bits per heavy atom. The van der Waals surface area contributed by atoms with E-state index < -0.39 is 36.8 Å². The quantitative estimate of drug-likeness (QED) is 0.378. The van der Waals surface area contributed by atoms with Gasteiger partial charge >= 0.3 is 0 Å². The maximum absolute atomic E-state index is 9.88. The van der Waals surface area contributed by atoms with E-state index in [4.69, 9.17) is 14.6 Å². The zero-order valence-electron chi connectivity index (χ0n) is 10.6. The highest BCUT2D eigenvalue weighted by Gasteiger charge is 2.45. The first-order valence-corrected chi connectivity index (χ1v) is 6.48. The molecule has 4 atom stereocenters. The van der Waals surface area contributed by atoms with Crippen molar-refractivity contribution in [3.8, 4) is 0 Å². The molecule has 0 aromatic rings. The molecule has 6 nitrogen and oxygen atoms in total. The molecule has 0 amide bonds. The Morgan fingerprint density at radius 1 is 1.39 bits per heavy atom. The van der Waals surface area contributed by atoms with Gasteiger partial charge in [-0.3, -0.25) is 4.99 Å². The SMILES string of the molecule is CC1(C)O[C@@H]([C@H](O)[C@H](O)CO)[C@@H](C=NCCS)O1. The van der Waals surface area contributed by atoms with Gasteiger partial charge in [0.05, 0.1) is 6.61 Å². The van der Waals surface area contributed by atoms with Gasteiger partial charge in [-0.15, -0.1) is 0 Å². The lowest BCUT2D eigenvalue weighted by molar-refractivity contribution is -0.163. The second-order valence-corrected chi connectivity index (χ2v) is 5.03. The van der Waals surface area contributed by atoms with Crippen molar-refractivity contribution in [2.45, 2.75) is 44.1 Å². The second kappa shape index (κ2) is 6.83. The normalized spacial score (nSPS) is 30.8. The van der Waals surface area contributed by atoms with E-state index in [1.165, 1.54) is 0 Å². The van der Waals surface area contributed by atoms with E-state index >= 15 is 0 Å². The molecule has 0 aliphatic carbocycles. The van der Waals surface area contributed by atoms with Gasteiger partial charge in [0.2, 0.25) is 0 Å². The predicted octanol–water partition coefficient (Wildman–Crippen LogP) is -0.779. The predicted molar refractivity (Wildman–Crippen MR) is 70.1 cm³/mol. The maximum atomic E-state index is 9.88. The van der Waals surface area contributed by atoms with Crippen LogP contribution in [-0.4, -0.2) is 70.6 Å². The van der Waals surface area contributed by atoms with Gasteiger partial charge in [-0.1, -0.05) is 0 Å². The van der Waals surface area contributed by atoms with Crippen LogP contribution in [0.3, 0.4) is 0 Å². The molecule has 0 aromatic heterocycles. The number of nitrogens with zero attached hydrogens (tertiary/aromatic N) is 1. The summed E-state index contributed by atoms with van der Waals surface area (Å²) in [6.45, 7) is 3.42. The molecule has 1 fully saturated rings. The van der Waals surface area contributed by atoms with Gasteiger partial charge < -0.3 is 24.8 Å². The standard InChI is InChI=1S/C11H21NO5S/c1-11(2)16-8(5-12-3-4-18)10(17-11)9(15)7(14)6-13/h5,7-10,13-15,18H,3-4,6H2,1-2H3/t7-,8-,9-,10-/m1/s1.